The number of hydrogen-bond donors (Lipinski definition) is 0. The monoisotopic (exact) mass is 719 g/mol. The van der Waals surface area contributed by atoms with Crippen molar-refractivity contribution in [2.45, 2.75) is 0 Å². The summed E-state index contributed by atoms with van der Waals surface area (Å²) in [7, 11) is 0. The lowest BCUT2D eigenvalue weighted by molar-refractivity contribution is 0.669. The van der Waals surface area contributed by atoms with Gasteiger partial charge in [-0.1, -0.05) is 152 Å². The number of hydrogen-bond acceptors (Lipinski definition) is 3. The van der Waals surface area contributed by atoms with Gasteiger partial charge in [0.15, 0.2) is 0 Å². The minimum atomic E-state index is 0.872. The molecule has 0 amide bonds. The predicted octanol–water partition coefficient (Wildman–Crippen LogP) is 15.6. The Balaban J connectivity index is 1.21. The fourth-order valence-electron chi connectivity index (χ4n) is 8.33. The van der Waals surface area contributed by atoms with Gasteiger partial charge in [-0.3, -0.25) is 0 Å². The van der Waals surface area contributed by atoms with Crippen LogP contribution >= 0.6 is 11.3 Å². The Hall–Kier alpha value is -6.94. The molecule has 0 N–H and O–H groups in total. The van der Waals surface area contributed by atoms with Gasteiger partial charge < -0.3 is 9.32 Å². The molecule has 258 valence electrons. The third-order valence-corrected chi connectivity index (χ3v) is 12.1. The Bertz CT molecular complexity index is 3200. The van der Waals surface area contributed by atoms with E-state index in [1.807, 2.05) is 11.3 Å². The molecule has 0 unspecified atom stereocenters. The van der Waals surface area contributed by atoms with E-state index in [-0.39, 0.29) is 0 Å². The number of anilines is 3. The summed E-state index contributed by atoms with van der Waals surface area (Å²) in [5.74, 6) is 0. The summed E-state index contributed by atoms with van der Waals surface area (Å²) in [6.07, 6.45) is 0. The molecule has 3 heteroatoms. The number of rotatable bonds is 6. The van der Waals surface area contributed by atoms with Crippen molar-refractivity contribution in [1.29, 1.82) is 0 Å². The summed E-state index contributed by atoms with van der Waals surface area (Å²) < 4.78 is 9.26. The van der Waals surface area contributed by atoms with Gasteiger partial charge in [0, 0.05) is 37.5 Å². The number of nitrogens with zero attached hydrogens (tertiary/aromatic N) is 1. The fraction of sp³-hybridized carbons (Fsp3) is 0. The molecule has 0 spiro atoms. The molecule has 0 atom stereocenters. The molecule has 11 aromatic rings. The van der Waals surface area contributed by atoms with Crippen molar-refractivity contribution in [3.63, 3.8) is 0 Å². The van der Waals surface area contributed by atoms with Gasteiger partial charge in [0.2, 0.25) is 0 Å². The average Bonchev–Trinajstić information content (AvgIpc) is 3.83. The largest absolute Gasteiger partial charge is 0.456 e. The number of benzene rings is 9. The minimum Gasteiger partial charge on any atom is -0.456 e. The van der Waals surface area contributed by atoms with Crippen molar-refractivity contribution >= 4 is 81.3 Å². The van der Waals surface area contributed by atoms with Crippen LogP contribution in [0.25, 0.3) is 86.3 Å². The summed E-state index contributed by atoms with van der Waals surface area (Å²) in [5.41, 5.74) is 12.1. The summed E-state index contributed by atoms with van der Waals surface area (Å²) in [5, 5.41) is 7.17. The highest BCUT2D eigenvalue weighted by molar-refractivity contribution is 7.26. The van der Waals surface area contributed by atoms with Crippen molar-refractivity contribution in [3.8, 4) is 33.4 Å². The highest BCUT2D eigenvalue weighted by Gasteiger charge is 2.23. The second kappa shape index (κ2) is 12.9. The zero-order chi connectivity index (χ0) is 36.3. The molecule has 0 aliphatic carbocycles. The van der Waals surface area contributed by atoms with Crippen LogP contribution < -0.4 is 4.90 Å². The van der Waals surface area contributed by atoms with Crippen LogP contribution in [0.3, 0.4) is 0 Å². The minimum absolute atomic E-state index is 0.872. The Morgan fingerprint density at radius 2 is 1.00 bits per heavy atom. The van der Waals surface area contributed by atoms with Crippen LogP contribution in [-0.2, 0) is 0 Å². The summed E-state index contributed by atoms with van der Waals surface area (Å²) in [6, 6.07) is 72.1. The van der Waals surface area contributed by atoms with Crippen molar-refractivity contribution in [2.75, 3.05) is 4.90 Å². The number of fused-ring (bicyclic) bond motifs is 8. The normalized spacial score (nSPS) is 11.6. The molecule has 2 nitrogen and oxygen atoms in total. The van der Waals surface area contributed by atoms with E-state index in [0.29, 0.717) is 0 Å². The second-order valence-corrected chi connectivity index (χ2v) is 15.1. The van der Waals surface area contributed by atoms with E-state index in [0.717, 1.165) is 50.1 Å². The van der Waals surface area contributed by atoms with Crippen molar-refractivity contribution in [2.24, 2.45) is 0 Å². The first-order valence-electron chi connectivity index (χ1n) is 18.7. The first-order chi connectivity index (χ1) is 27.3. The molecule has 0 saturated heterocycles. The van der Waals surface area contributed by atoms with Crippen molar-refractivity contribution in [1.82, 2.24) is 0 Å². The van der Waals surface area contributed by atoms with E-state index in [1.165, 1.54) is 53.2 Å². The van der Waals surface area contributed by atoms with Crippen LogP contribution in [0.5, 0.6) is 0 Å². The molecule has 0 radical (unpaired) electrons. The van der Waals surface area contributed by atoms with Crippen LogP contribution in [0.1, 0.15) is 0 Å². The van der Waals surface area contributed by atoms with Crippen LogP contribution in [0, 0.1) is 0 Å². The lowest BCUT2D eigenvalue weighted by atomic mass is 9.94. The van der Waals surface area contributed by atoms with E-state index < -0.39 is 0 Å². The van der Waals surface area contributed by atoms with Crippen molar-refractivity contribution in [3.05, 3.63) is 200 Å². The Morgan fingerprint density at radius 1 is 0.364 bits per heavy atom. The zero-order valence-electron chi connectivity index (χ0n) is 29.8. The van der Waals surface area contributed by atoms with Gasteiger partial charge in [-0.15, -0.1) is 11.3 Å². The standard InChI is InChI=1S/C52H33NOS/c1-4-15-34(16-5-1)37-27-29-46(44(31-37)36-19-8-3-9-20-36)53(47-25-14-24-42-40-22-12-13-26-50(40)55-52(42)47)38-28-30-48-45(32-38)51-41-23-11-10-21-39(41)43(33-49(51)54-48)35-17-6-2-7-18-35/h1-33H. The number of thiophene rings is 1. The maximum absolute atomic E-state index is 6.72. The van der Waals surface area contributed by atoms with Gasteiger partial charge in [0.25, 0.3) is 0 Å². The topological polar surface area (TPSA) is 16.4 Å². The average molecular weight is 720 g/mol. The molecule has 0 bridgehead atoms. The smallest absolute Gasteiger partial charge is 0.136 e. The highest BCUT2D eigenvalue weighted by atomic mass is 32.1. The predicted molar refractivity (Wildman–Crippen MR) is 235 cm³/mol. The third kappa shape index (κ3) is 5.24. The molecule has 0 aliphatic heterocycles. The van der Waals surface area contributed by atoms with E-state index in [2.05, 4.69) is 205 Å². The molecule has 11 rings (SSSR count). The lowest BCUT2D eigenvalue weighted by Gasteiger charge is -2.29. The molecule has 0 saturated carbocycles. The van der Waals surface area contributed by atoms with Crippen LogP contribution in [-0.4, -0.2) is 0 Å². The van der Waals surface area contributed by atoms with Crippen molar-refractivity contribution < 1.29 is 4.42 Å². The van der Waals surface area contributed by atoms with Gasteiger partial charge in [-0.05, 0) is 87.1 Å². The maximum atomic E-state index is 6.72. The lowest BCUT2D eigenvalue weighted by Crippen LogP contribution is -2.11. The molecule has 0 fully saturated rings. The molecular formula is C52H33NOS. The van der Waals surface area contributed by atoms with E-state index in [1.54, 1.807) is 0 Å². The summed E-state index contributed by atoms with van der Waals surface area (Å²) >= 11 is 1.86. The quantitative estimate of drug-likeness (QED) is 0.170. The molecule has 0 aliphatic rings. The van der Waals surface area contributed by atoms with E-state index >= 15 is 0 Å². The van der Waals surface area contributed by atoms with Gasteiger partial charge in [-0.25, -0.2) is 0 Å². The molecule has 2 aromatic heterocycles. The van der Waals surface area contributed by atoms with Gasteiger partial charge >= 0.3 is 0 Å². The number of furan rings is 1. The summed E-state index contributed by atoms with van der Waals surface area (Å²) in [4.78, 5) is 2.47. The van der Waals surface area contributed by atoms with Gasteiger partial charge in [0.1, 0.15) is 11.2 Å². The van der Waals surface area contributed by atoms with Crippen LogP contribution in [0.4, 0.5) is 17.1 Å². The van der Waals surface area contributed by atoms with Gasteiger partial charge in [0.05, 0.1) is 16.1 Å². The van der Waals surface area contributed by atoms with Gasteiger partial charge in [-0.2, -0.15) is 0 Å². The van der Waals surface area contributed by atoms with E-state index in [9.17, 15) is 0 Å². The SMILES string of the molecule is c1ccc(-c2ccc(N(c3ccc4oc5cc(-c6ccccc6)c6ccccc6c5c4c3)c3cccc4c3sc3ccccc34)c(-c3ccccc3)c2)cc1. The summed E-state index contributed by atoms with van der Waals surface area (Å²) in [6.45, 7) is 0. The molecule has 2 heterocycles. The molecule has 55 heavy (non-hydrogen) atoms. The molecular weight excluding hydrogens is 687 g/mol. The first-order valence-corrected chi connectivity index (χ1v) is 19.5. The molecule has 9 aromatic carbocycles. The Labute approximate surface area is 322 Å². The second-order valence-electron chi connectivity index (χ2n) is 14.0. The Kier molecular flexibility index (Phi) is 7.39. The van der Waals surface area contributed by atoms with Crippen LogP contribution in [0.2, 0.25) is 0 Å². The zero-order valence-corrected chi connectivity index (χ0v) is 30.6. The fourth-order valence-corrected chi connectivity index (χ4v) is 9.54. The van der Waals surface area contributed by atoms with Crippen LogP contribution in [0.15, 0.2) is 205 Å². The van der Waals surface area contributed by atoms with E-state index in [4.69, 9.17) is 4.42 Å². The highest BCUT2D eigenvalue weighted by Crippen LogP contribution is 2.49. The maximum Gasteiger partial charge on any atom is 0.136 e. The Morgan fingerprint density at radius 3 is 1.76 bits per heavy atom. The third-order valence-electron chi connectivity index (χ3n) is 10.9. The first kappa shape index (κ1) is 31.6.